The Hall–Kier alpha value is -3.87. The van der Waals surface area contributed by atoms with E-state index in [-0.39, 0.29) is 35.6 Å². The number of H-pyrrole nitrogens is 1. The molecule has 3 heterocycles. The van der Waals surface area contributed by atoms with Crippen LogP contribution in [0.1, 0.15) is 74.4 Å². The quantitative estimate of drug-likeness (QED) is 0.413. The summed E-state index contributed by atoms with van der Waals surface area (Å²) in [5, 5.41) is 2.41. The van der Waals surface area contributed by atoms with Gasteiger partial charge in [0.05, 0.1) is 16.8 Å². The summed E-state index contributed by atoms with van der Waals surface area (Å²) in [5.74, 6) is -3.08. The van der Waals surface area contributed by atoms with E-state index in [0.717, 1.165) is 31.5 Å². The first-order valence-corrected chi connectivity index (χ1v) is 14.8. The molecule has 238 valence electrons. The third-order valence-corrected chi connectivity index (χ3v) is 9.05. The lowest BCUT2D eigenvalue weighted by Gasteiger charge is -2.44. The summed E-state index contributed by atoms with van der Waals surface area (Å²) in [7, 11) is 1.94. The third-order valence-electron chi connectivity index (χ3n) is 9.05. The van der Waals surface area contributed by atoms with Crippen LogP contribution in [-0.4, -0.2) is 77.7 Å². The van der Waals surface area contributed by atoms with Crippen LogP contribution in [0.3, 0.4) is 0 Å². The second-order valence-electron chi connectivity index (χ2n) is 12.2. The topological polar surface area (TPSA) is 98.0 Å². The maximum atomic E-state index is 16.6. The van der Waals surface area contributed by atoms with Crippen molar-refractivity contribution in [2.45, 2.75) is 70.6 Å². The molecule has 1 saturated heterocycles. The van der Waals surface area contributed by atoms with Crippen molar-refractivity contribution in [1.29, 1.82) is 0 Å². The maximum Gasteiger partial charge on any atom is 0.410 e. The fraction of sp³-hybridized carbons (Fsp3) is 0.516. The van der Waals surface area contributed by atoms with E-state index in [1.54, 1.807) is 11.0 Å². The van der Waals surface area contributed by atoms with E-state index in [0.29, 0.717) is 32.1 Å². The molecule has 9 nitrogen and oxygen atoms in total. The number of aromatic amines is 1. The molecule has 3 aliphatic rings. The van der Waals surface area contributed by atoms with E-state index in [4.69, 9.17) is 4.74 Å². The highest BCUT2D eigenvalue weighted by Crippen LogP contribution is 2.40. The highest BCUT2D eigenvalue weighted by Gasteiger charge is 2.38. The number of rotatable bonds is 6. The molecular formula is C31H37F4N5O4. The molecule has 2 N–H and O–H groups in total. The Morgan fingerprint density at radius 3 is 2.43 bits per heavy atom. The van der Waals surface area contributed by atoms with Gasteiger partial charge in [0.2, 0.25) is 5.56 Å². The molecule has 0 unspecified atom stereocenters. The van der Waals surface area contributed by atoms with Crippen molar-refractivity contribution in [1.82, 2.24) is 14.8 Å². The predicted octanol–water partition coefficient (Wildman–Crippen LogP) is 5.54. The van der Waals surface area contributed by atoms with E-state index in [1.807, 2.05) is 27.8 Å². The summed E-state index contributed by atoms with van der Waals surface area (Å²) < 4.78 is 65.7. The van der Waals surface area contributed by atoms with E-state index >= 15 is 8.78 Å². The van der Waals surface area contributed by atoms with Gasteiger partial charge >= 0.3 is 6.09 Å². The molecule has 2 aromatic rings. The van der Waals surface area contributed by atoms with Gasteiger partial charge in [0.25, 0.3) is 12.3 Å². The number of halogens is 4. The highest BCUT2D eigenvalue weighted by molar-refractivity contribution is 6.07. The van der Waals surface area contributed by atoms with Crippen molar-refractivity contribution < 1.29 is 31.9 Å². The summed E-state index contributed by atoms with van der Waals surface area (Å²) in [6.07, 6.45) is 1.54. The number of nitrogens with zero attached hydrogens (tertiary/aromatic N) is 3. The van der Waals surface area contributed by atoms with Crippen LogP contribution in [-0.2, 0) is 4.74 Å². The highest BCUT2D eigenvalue weighted by atomic mass is 19.3. The number of aromatic nitrogens is 1. The normalized spacial score (nSPS) is 22.0. The van der Waals surface area contributed by atoms with Crippen molar-refractivity contribution in [3.05, 3.63) is 63.1 Å². The van der Waals surface area contributed by atoms with Crippen LogP contribution in [0.5, 0.6) is 0 Å². The van der Waals surface area contributed by atoms with Gasteiger partial charge in [-0.25, -0.2) is 22.4 Å². The summed E-state index contributed by atoms with van der Waals surface area (Å²) in [6, 6.07) is 1.74. The van der Waals surface area contributed by atoms with Gasteiger partial charge in [0.1, 0.15) is 17.1 Å². The van der Waals surface area contributed by atoms with Crippen molar-refractivity contribution in [2.24, 2.45) is 0 Å². The van der Waals surface area contributed by atoms with Crippen LogP contribution in [0.4, 0.5) is 33.7 Å². The van der Waals surface area contributed by atoms with Gasteiger partial charge in [0.15, 0.2) is 5.82 Å². The van der Waals surface area contributed by atoms with Crippen LogP contribution < -0.4 is 15.8 Å². The molecule has 44 heavy (non-hydrogen) atoms. The number of carbonyl (C=O) groups excluding carboxylic acids is 2. The molecule has 0 radical (unpaired) electrons. The zero-order valence-corrected chi connectivity index (χ0v) is 25.2. The monoisotopic (exact) mass is 619 g/mol. The molecule has 2 amide bonds. The van der Waals surface area contributed by atoms with Crippen molar-refractivity contribution in [2.75, 3.05) is 43.4 Å². The summed E-state index contributed by atoms with van der Waals surface area (Å²) in [4.78, 5) is 45.4. The van der Waals surface area contributed by atoms with Crippen molar-refractivity contribution >= 4 is 28.9 Å². The Morgan fingerprint density at radius 2 is 1.82 bits per heavy atom. The van der Waals surface area contributed by atoms with E-state index in [9.17, 15) is 23.2 Å². The van der Waals surface area contributed by atoms with Gasteiger partial charge in [-0.2, -0.15) is 0 Å². The van der Waals surface area contributed by atoms with Crippen molar-refractivity contribution in [3.63, 3.8) is 0 Å². The lowest BCUT2D eigenvalue weighted by Crippen LogP contribution is -2.55. The molecule has 5 rings (SSSR count). The molecule has 2 aliphatic heterocycles. The first-order chi connectivity index (χ1) is 20.8. The van der Waals surface area contributed by atoms with Crippen molar-refractivity contribution in [3.8, 4) is 0 Å². The summed E-state index contributed by atoms with van der Waals surface area (Å²) in [5.41, 5.74) is -3.31. The molecular weight excluding hydrogens is 582 g/mol. The van der Waals surface area contributed by atoms with E-state index in [2.05, 4.69) is 15.2 Å². The molecule has 1 aromatic carbocycles. The van der Waals surface area contributed by atoms with Gasteiger partial charge in [0, 0.05) is 62.2 Å². The zero-order valence-electron chi connectivity index (χ0n) is 25.2. The number of piperazine rings is 1. The average molecular weight is 620 g/mol. The van der Waals surface area contributed by atoms with Crippen LogP contribution >= 0.6 is 0 Å². The third kappa shape index (κ3) is 6.19. The Balaban J connectivity index is 1.53. The standard InChI is InChI=1S/C31H37F4N5O4/c1-17-14-40(15-18(2)38(17)4)23-12-22(32)25(19-7-5-10-39(16-19)30(43)44-31(3)8-6-9-31)26(33)27(23)37-29(42)21-13-36-24(41)11-20(21)28(34)35/h7,11-13,17-18,28H,5-6,8-10,14-16H2,1-4H3,(H,36,41)(H,37,42)/t17-,18+. The van der Waals surface area contributed by atoms with Crippen LogP contribution in [0.2, 0.25) is 0 Å². The number of pyridine rings is 1. The lowest BCUT2D eigenvalue weighted by atomic mass is 9.82. The molecule has 1 saturated carbocycles. The van der Waals surface area contributed by atoms with Gasteiger partial charge in [-0.3, -0.25) is 14.5 Å². The Kier molecular flexibility index (Phi) is 8.79. The summed E-state index contributed by atoms with van der Waals surface area (Å²) in [6.45, 7) is 6.72. The molecule has 0 bridgehead atoms. The predicted molar refractivity (Wildman–Crippen MR) is 158 cm³/mol. The minimum Gasteiger partial charge on any atom is -0.443 e. The lowest BCUT2D eigenvalue weighted by molar-refractivity contribution is -0.0465. The number of amides is 2. The molecule has 1 aliphatic carbocycles. The SMILES string of the molecule is C[C@@H]1CN(c2cc(F)c(C3=CCCN(C(=O)OC4(C)CCC4)C3)c(F)c2NC(=O)c2c[nH]c(=O)cc2C(F)F)C[C@H](C)N1C. The minimum absolute atomic E-state index is 0.00381. The number of nitrogens with one attached hydrogen (secondary N) is 2. The van der Waals surface area contributed by atoms with Gasteiger partial charge < -0.3 is 24.8 Å². The van der Waals surface area contributed by atoms with Gasteiger partial charge in [-0.05, 0) is 59.1 Å². The van der Waals surface area contributed by atoms with Gasteiger partial charge in [-0.1, -0.05) is 6.08 Å². The Bertz CT molecular complexity index is 1530. The first-order valence-electron chi connectivity index (χ1n) is 14.8. The molecule has 0 spiro atoms. The van der Waals surface area contributed by atoms with Crippen LogP contribution in [0.15, 0.2) is 29.2 Å². The number of carbonyl (C=O) groups is 2. The zero-order chi connectivity index (χ0) is 31.9. The Morgan fingerprint density at radius 1 is 1.14 bits per heavy atom. The number of likely N-dealkylation sites (N-methyl/N-ethyl adjacent to an activating group) is 1. The molecule has 2 fully saturated rings. The molecule has 1 aromatic heterocycles. The average Bonchev–Trinajstić information content (AvgIpc) is 2.96. The van der Waals surface area contributed by atoms with E-state index in [1.165, 1.54) is 4.90 Å². The number of benzene rings is 1. The summed E-state index contributed by atoms with van der Waals surface area (Å²) >= 11 is 0. The van der Waals surface area contributed by atoms with Crippen LogP contribution in [0.25, 0.3) is 5.57 Å². The Labute approximate surface area is 252 Å². The number of alkyl halides is 2. The molecule has 13 heteroatoms. The van der Waals surface area contributed by atoms with E-state index < -0.39 is 57.9 Å². The van der Waals surface area contributed by atoms with Crippen LogP contribution in [0, 0.1) is 11.6 Å². The first kappa shape index (κ1) is 31.6. The fourth-order valence-electron chi connectivity index (χ4n) is 6.05. The number of ether oxygens (including phenoxy) is 1. The number of hydrogen-bond donors (Lipinski definition) is 2. The molecule has 2 atom stereocenters. The smallest absolute Gasteiger partial charge is 0.410 e. The van der Waals surface area contributed by atoms with Gasteiger partial charge in [-0.15, -0.1) is 0 Å². The largest absolute Gasteiger partial charge is 0.443 e. The second kappa shape index (κ2) is 12.3. The minimum atomic E-state index is -3.15. The maximum absolute atomic E-state index is 16.6. The fourth-order valence-corrected chi connectivity index (χ4v) is 6.05. The number of anilines is 2. The number of hydrogen-bond acceptors (Lipinski definition) is 6. The second-order valence-corrected chi connectivity index (χ2v) is 12.2.